The van der Waals surface area contributed by atoms with Crippen LogP contribution in [0, 0.1) is 0 Å². The Balaban J connectivity index is 1.40. The van der Waals surface area contributed by atoms with Gasteiger partial charge in [-0.25, -0.2) is 14.6 Å². The van der Waals surface area contributed by atoms with E-state index in [0.29, 0.717) is 18.8 Å². The quantitative estimate of drug-likeness (QED) is 0.589. The molecule has 0 radical (unpaired) electrons. The van der Waals surface area contributed by atoms with Crippen molar-refractivity contribution in [2.24, 2.45) is 7.05 Å². The lowest BCUT2D eigenvalue weighted by Crippen LogP contribution is -2.38. The smallest absolute Gasteiger partial charge is 0.134 e. The molecule has 1 aliphatic heterocycles. The molecule has 0 bridgehead atoms. The van der Waals surface area contributed by atoms with Gasteiger partial charge in [-0.1, -0.05) is 11.3 Å². The van der Waals surface area contributed by atoms with Gasteiger partial charge in [-0.05, 0) is 24.1 Å². The first-order valence-electron chi connectivity index (χ1n) is 8.61. The third-order valence-electron chi connectivity index (χ3n) is 4.74. The van der Waals surface area contributed by atoms with Crippen molar-refractivity contribution in [3.63, 3.8) is 0 Å². The average Bonchev–Trinajstić information content (AvgIpc) is 3.18. The molecule has 0 unspecified atom stereocenters. The minimum Gasteiger partial charge on any atom is -0.391 e. The van der Waals surface area contributed by atoms with E-state index in [1.807, 2.05) is 19.2 Å². The first-order valence-corrected chi connectivity index (χ1v) is 8.61. The second-order valence-corrected chi connectivity index (χ2v) is 6.66. The number of nitrogens with one attached hydrogen (secondary N) is 1. The van der Waals surface area contributed by atoms with E-state index in [1.165, 1.54) is 6.33 Å². The number of β-amino-alcohol motifs (C(OH)–C–C–N with tert-alkyl or cyclic N) is 1. The maximum atomic E-state index is 10.1. The van der Waals surface area contributed by atoms with Gasteiger partial charge in [0.25, 0.3) is 0 Å². The van der Waals surface area contributed by atoms with Crippen LogP contribution in [0.2, 0.25) is 0 Å². The Kier molecular flexibility index (Phi) is 4.39. The highest BCUT2D eigenvalue weighted by atomic mass is 16.3. The Hall–Kier alpha value is -2.78. The second kappa shape index (κ2) is 6.85. The molecule has 136 valence electrons. The fraction of sp³-hybridized carbons (Fsp3) is 0.412. The van der Waals surface area contributed by atoms with Crippen LogP contribution < -0.4 is 16.0 Å². The van der Waals surface area contributed by atoms with Gasteiger partial charge in [0.1, 0.15) is 23.5 Å². The monoisotopic (exact) mass is 354 g/mol. The number of hydrogen-bond acceptors (Lipinski definition) is 8. The van der Waals surface area contributed by atoms with Gasteiger partial charge in [0, 0.05) is 38.8 Å². The Morgan fingerprint density at radius 1 is 1.31 bits per heavy atom. The molecule has 4 N–H and O–H groups in total. The van der Waals surface area contributed by atoms with Crippen molar-refractivity contribution in [1.82, 2.24) is 30.3 Å². The Labute approximate surface area is 150 Å². The van der Waals surface area contributed by atoms with Gasteiger partial charge in [-0.3, -0.25) is 0 Å². The molecule has 4 rings (SSSR count). The molecule has 3 heterocycles. The van der Waals surface area contributed by atoms with Crippen LogP contribution in [-0.4, -0.2) is 55.3 Å². The summed E-state index contributed by atoms with van der Waals surface area (Å²) in [6, 6.07) is 8.04. The fourth-order valence-corrected chi connectivity index (χ4v) is 3.46. The molecule has 2 atom stereocenters. The van der Waals surface area contributed by atoms with E-state index >= 15 is 0 Å². The van der Waals surface area contributed by atoms with Crippen molar-refractivity contribution in [3.05, 3.63) is 36.2 Å². The first kappa shape index (κ1) is 16.7. The molecule has 1 aromatic carbocycles. The highest BCUT2D eigenvalue weighted by Gasteiger charge is 2.31. The largest absolute Gasteiger partial charge is 0.391 e. The van der Waals surface area contributed by atoms with Crippen LogP contribution in [0.3, 0.4) is 0 Å². The summed E-state index contributed by atoms with van der Waals surface area (Å²) in [6.07, 6.45) is 1.78. The van der Waals surface area contributed by atoms with Crippen molar-refractivity contribution in [1.29, 1.82) is 0 Å². The van der Waals surface area contributed by atoms with Crippen LogP contribution in [-0.2, 0) is 13.6 Å². The van der Waals surface area contributed by atoms with Crippen molar-refractivity contribution < 1.29 is 5.11 Å². The topological polar surface area (TPSA) is 118 Å². The van der Waals surface area contributed by atoms with Crippen LogP contribution in [0.4, 0.5) is 11.6 Å². The number of aliphatic hydroxyl groups excluding tert-OH is 1. The van der Waals surface area contributed by atoms with Gasteiger partial charge in [-0.15, -0.1) is 5.10 Å². The van der Waals surface area contributed by atoms with Crippen LogP contribution in [0.15, 0.2) is 30.6 Å². The van der Waals surface area contributed by atoms with Crippen molar-refractivity contribution >= 4 is 22.7 Å². The zero-order valence-electron chi connectivity index (χ0n) is 14.6. The number of nitrogens with zero attached hydrogens (tertiary/aromatic N) is 6. The van der Waals surface area contributed by atoms with E-state index < -0.39 is 0 Å². The third-order valence-corrected chi connectivity index (χ3v) is 4.74. The first-order chi connectivity index (χ1) is 12.6. The molecular formula is C17H22N8O. The summed E-state index contributed by atoms with van der Waals surface area (Å²) in [5.74, 6) is 1.18. The van der Waals surface area contributed by atoms with Crippen molar-refractivity contribution in [2.75, 3.05) is 23.7 Å². The van der Waals surface area contributed by atoms with Crippen LogP contribution in [0.25, 0.3) is 11.0 Å². The van der Waals surface area contributed by atoms with Crippen LogP contribution >= 0.6 is 0 Å². The Bertz CT molecular complexity index is 911. The van der Waals surface area contributed by atoms with E-state index in [-0.39, 0.29) is 12.1 Å². The maximum absolute atomic E-state index is 10.1. The lowest BCUT2D eigenvalue weighted by molar-refractivity contribution is 0.194. The molecule has 9 nitrogen and oxygen atoms in total. The minimum atomic E-state index is -0.367. The molecule has 2 aromatic heterocycles. The van der Waals surface area contributed by atoms with Crippen molar-refractivity contribution in [3.8, 4) is 0 Å². The molecule has 0 amide bonds. The lowest BCUT2D eigenvalue weighted by Gasteiger charge is -2.25. The summed E-state index contributed by atoms with van der Waals surface area (Å²) in [5.41, 5.74) is 8.81. The fourth-order valence-electron chi connectivity index (χ4n) is 3.46. The summed E-state index contributed by atoms with van der Waals surface area (Å²) < 4.78 is 1.76. The summed E-state index contributed by atoms with van der Waals surface area (Å²) in [6.45, 7) is 2.01. The van der Waals surface area contributed by atoms with Gasteiger partial charge in [0.05, 0.1) is 11.6 Å². The predicted octanol–water partition coefficient (Wildman–Crippen LogP) is 0.0699. The number of hydrogen-bond donors (Lipinski definition) is 3. The highest BCUT2D eigenvalue weighted by molar-refractivity contribution is 5.74. The molecule has 9 heteroatoms. The van der Waals surface area contributed by atoms with Gasteiger partial charge < -0.3 is 21.1 Å². The molecule has 3 aromatic rings. The third kappa shape index (κ3) is 3.31. The normalized spacial score (nSPS) is 20.2. The Morgan fingerprint density at radius 2 is 2.19 bits per heavy atom. The number of nitrogen functional groups attached to an aromatic ring is 1. The van der Waals surface area contributed by atoms with E-state index in [2.05, 4.69) is 36.6 Å². The SMILES string of the molecule is Cn1nnc2cc(CNC[C@H]3C[C@@H](O)CN3c3cc(N)ncn3)ccc21. The number of aliphatic hydroxyl groups is 1. The summed E-state index contributed by atoms with van der Waals surface area (Å²) in [4.78, 5) is 10.3. The molecule has 0 spiro atoms. The Morgan fingerprint density at radius 3 is 3.04 bits per heavy atom. The maximum Gasteiger partial charge on any atom is 0.134 e. The number of anilines is 2. The zero-order chi connectivity index (χ0) is 18.1. The van der Waals surface area contributed by atoms with E-state index in [0.717, 1.165) is 35.5 Å². The summed E-state index contributed by atoms with van der Waals surface area (Å²) >= 11 is 0. The van der Waals surface area contributed by atoms with Gasteiger partial charge in [0.15, 0.2) is 0 Å². The molecule has 0 aliphatic carbocycles. The summed E-state index contributed by atoms with van der Waals surface area (Å²) in [5, 5.41) is 21.7. The molecule has 26 heavy (non-hydrogen) atoms. The van der Waals surface area contributed by atoms with E-state index in [9.17, 15) is 5.11 Å². The number of fused-ring (bicyclic) bond motifs is 1. The number of aryl methyl sites for hydroxylation is 1. The molecule has 1 aliphatic rings. The van der Waals surface area contributed by atoms with E-state index in [1.54, 1.807) is 10.7 Å². The molecule has 1 saturated heterocycles. The zero-order valence-corrected chi connectivity index (χ0v) is 14.6. The lowest BCUT2D eigenvalue weighted by atomic mass is 10.1. The van der Waals surface area contributed by atoms with Gasteiger partial charge in [-0.2, -0.15) is 0 Å². The minimum absolute atomic E-state index is 0.152. The number of benzene rings is 1. The number of nitrogens with two attached hydrogens (primary N) is 1. The predicted molar refractivity (Wildman–Crippen MR) is 98.4 cm³/mol. The molecular weight excluding hydrogens is 332 g/mol. The van der Waals surface area contributed by atoms with E-state index in [4.69, 9.17) is 5.73 Å². The average molecular weight is 354 g/mol. The number of rotatable bonds is 5. The van der Waals surface area contributed by atoms with Gasteiger partial charge >= 0.3 is 0 Å². The summed E-state index contributed by atoms with van der Waals surface area (Å²) in [7, 11) is 1.88. The highest BCUT2D eigenvalue weighted by Crippen LogP contribution is 2.24. The van der Waals surface area contributed by atoms with Crippen LogP contribution in [0.1, 0.15) is 12.0 Å². The second-order valence-electron chi connectivity index (χ2n) is 6.66. The number of aromatic nitrogens is 5. The van der Waals surface area contributed by atoms with Crippen molar-refractivity contribution in [2.45, 2.75) is 25.1 Å². The standard InChI is InChI=1S/C17H22N8O/c1-24-15-3-2-11(4-14(15)22-23-24)7-19-8-12-5-13(26)9-25(12)17-6-16(18)20-10-21-17/h2-4,6,10,12-13,19,26H,5,7-9H2,1H3,(H2,18,20,21)/t12-,13-/m1/s1. The molecule has 1 fully saturated rings. The molecule has 0 saturated carbocycles. The van der Waals surface area contributed by atoms with Crippen LogP contribution in [0.5, 0.6) is 0 Å². The van der Waals surface area contributed by atoms with Gasteiger partial charge in [0.2, 0.25) is 0 Å².